The molecule has 2 amide bonds. The second-order valence-electron chi connectivity index (χ2n) is 7.21. The molecule has 1 fully saturated rings. The first-order valence-electron chi connectivity index (χ1n) is 10.1. The molecule has 2 aliphatic heterocycles. The number of hydrogen-bond acceptors (Lipinski definition) is 6. The maximum atomic E-state index is 12.7. The summed E-state index contributed by atoms with van der Waals surface area (Å²) in [6.07, 6.45) is 3.67. The topological polar surface area (TPSA) is 87.7 Å². The fourth-order valence-electron chi connectivity index (χ4n) is 3.83. The molecule has 29 heavy (non-hydrogen) atoms. The van der Waals surface area contributed by atoms with Crippen molar-refractivity contribution in [2.75, 3.05) is 31.1 Å². The number of likely N-dealkylation sites (tertiary alicyclic amines) is 1. The van der Waals surface area contributed by atoms with E-state index in [1.165, 1.54) is 5.56 Å². The Kier molecular flexibility index (Phi) is 5.59. The van der Waals surface area contributed by atoms with Crippen LogP contribution in [0.2, 0.25) is 0 Å². The summed E-state index contributed by atoms with van der Waals surface area (Å²) < 4.78 is 5.03. The molecule has 1 aromatic heterocycles. The van der Waals surface area contributed by atoms with Gasteiger partial charge < -0.3 is 19.9 Å². The van der Waals surface area contributed by atoms with Crippen LogP contribution in [0.25, 0.3) is 0 Å². The molecule has 0 radical (unpaired) electrons. The van der Waals surface area contributed by atoms with Crippen molar-refractivity contribution in [2.24, 2.45) is 0 Å². The summed E-state index contributed by atoms with van der Waals surface area (Å²) in [6, 6.07) is 9.83. The number of carbonyl (C=O) groups excluding carboxylic acids is 2. The quantitative estimate of drug-likeness (QED) is 0.856. The minimum atomic E-state index is -0.288. The highest BCUT2D eigenvalue weighted by Gasteiger charge is 2.26. The van der Waals surface area contributed by atoms with Gasteiger partial charge in [-0.25, -0.2) is 14.8 Å². The lowest BCUT2D eigenvalue weighted by Crippen LogP contribution is -2.46. The van der Waals surface area contributed by atoms with Gasteiger partial charge in [0.25, 0.3) is 5.91 Å². The minimum Gasteiger partial charge on any atom is -0.450 e. The number of para-hydroxylation sites is 1. The average molecular weight is 395 g/mol. The monoisotopic (exact) mass is 395 g/mol. The van der Waals surface area contributed by atoms with Gasteiger partial charge in [-0.1, -0.05) is 18.2 Å². The third-order valence-corrected chi connectivity index (χ3v) is 5.36. The molecule has 0 saturated carbocycles. The van der Waals surface area contributed by atoms with Gasteiger partial charge in [-0.15, -0.1) is 0 Å². The van der Waals surface area contributed by atoms with Crippen LogP contribution in [0.4, 0.5) is 16.4 Å². The number of anilines is 2. The van der Waals surface area contributed by atoms with Gasteiger partial charge in [0, 0.05) is 37.6 Å². The lowest BCUT2D eigenvalue weighted by molar-refractivity contribution is 0.0856. The van der Waals surface area contributed by atoms with Crippen LogP contribution in [0.3, 0.4) is 0 Å². The lowest BCUT2D eigenvalue weighted by Gasteiger charge is -2.31. The Morgan fingerprint density at radius 3 is 2.76 bits per heavy atom. The maximum Gasteiger partial charge on any atom is 0.409 e. The molecule has 1 aromatic carbocycles. The first kappa shape index (κ1) is 19.2. The van der Waals surface area contributed by atoms with E-state index in [1.807, 2.05) is 17.0 Å². The molecule has 8 nitrogen and oxygen atoms in total. The molecule has 0 aliphatic carbocycles. The van der Waals surface area contributed by atoms with Gasteiger partial charge in [0.1, 0.15) is 5.69 Å². The van der Waals surface area contributed by atoms with E-state index in [-0.39, 0.29) is 18.0 Å². The van der Waals surface area contributed by atoms with Gasteiger partial charge in [0.2, 0.25) is 5.95 Å². The van der Waals surface area contributed by atoms with Crippen molar-refractivity contribution < 1.29 is 14.3 Å². The molecule has 0 atom stereocenters. The SMILES string of the molecule is CCOC(=O)N1CCC(NC(=O)c2ccnc(N3CCc4ccccc43)n2)CC1. The molecule has 1 saturated heterocycles. The number of aromatic nitrogens is 2. The van der Waals surface area contributed by atoms with Crippen LogP contribution in [-0.4, -0.2) is 59.2 Å². The highest BCUT2D eigenvalue weighted by molar-refractivity contribution is 5.92. The Hall–Kier alpha value is -3.16. The minimum absolute atomic E-state index is 0.0131. The van der Waals surface area contributed by atoms with Crippen molar-refractivity contribution in [1.82, 2.24) is 20.2 Å². The Labute approximate surface area is 169 Å². The summed E-state index contributed by atoms with van der Waals surface area (Å²) in [5.41, 5.74) is 2.71. The van der Waals surface area contributed by atoms with E-state index < -0.39 is 0 Å². The second kappa shape index (κ2) is 8.46. The number of fused-ring (bicyclic) bond motifs is 1. The largest absolute Gasteiger partial charge is 0.450 e. The third-order valence-electron chi connectivity index (χ3n) is 5.36. The number of amides is 2. The van der Waals surface area contributed by atoms with E-state index in [2.05, 4.69) is 27.4 Å². The van der Waals surface area contributed by atoms with Crippen molar-refractivity contribution in [1.29, 1.82) is 0 Å². The summed E-state index contributed by atoms with van der Waals surface area (Å²) in [7, 11) is 0. The van der Waals surface area contributed by atoms with Gasteiger partial charge in [-0.3, -0.25) is 4.79 Å². The van der Waals surface area contributed by atoms with E-state index in [0.717, 1.165) is 18.7 Å². The van der Waals surface area contributed by atoms with Gasteiger partial charge >= 0.3 is 6.09 Å². The Balaban J connectivity index is 1.38. The number of nitrogens with one attached hydrogen (secondary N) is 1. The molecule has 0 unspecified atom stereocenters. The summed E-state index contributed by atoms with van der Waals surface area (Å²) >= 11 is 0. The maximum absolute atomic E-state index is 12.7. The van der Waals surface area contributed by atoms with Crippen LogP contribution >= 0.6 is 0 Å². The molecular formula is C21H25N5O3. The zero-order valence-corrected chi connectivity index (χ0v) is 16.5. The molecule has 4 rings (SSSR count). The van der Waals surface area contributed by atoms with E-state index in [4.69, 9.17) is 4.74 Å². The third kappa shape index (κ3) is 4.16. The normalized spacial score (nSPS) is 16.4. The van der Waals surface area contributed by atoms with Crippen molar-refractivity contribution >= 4 is 23.6 Å². The van der Waals surface area contributed by atoms with E-state index in [0.29, 0.717) is 44.2 Å². The second-order valence-corrected chi connectivity index (χ2v) is 7.21. The van der Waals surface area contributed by atoms with Gasteiger partial charge in [0.15, 0.2) is 0 Å². The lowest BCUT2D eigenvalue weighted by atomic mass is 10.1. The number of piperidine rings is 1. The molecule has 0 bridgehead atoms. The molecule has 1 N–H and O–H groups in total. The van der Waals surface area contributed by atoms with Gasteiger partial charge in [0.05, 0.1) is 6.61 Å². The number of carbonyl (C=O) groups is 2. The number of benzene rings is 1. The highest BCUT2D eigenvalue weighted by Crippen LogP contribution is 2.32. The summed E-state index contributed by atoms with van der Waals surface area (Å²) in [4.78, 5) is 37.1. The molecule has 3 heterocycles. The van der Waals surface area contributed by atoms with Crippen molar-refractivity contribution in [3.8, 4) is 0 Å². The fraction of sp³-hybridized carbons (Fsp3) is 0.429. The Bertz CT molecular complexity index is 895. The first-order valence-corrected chi connectivity index (χ1v) is 10.1. The van der Waals surface area contributed by atoms with Crippen LogP contribution in [0.15, 0.2) is 36.5 Å². The molecule has 152 valence electrons. The molecule has 2 aliphatic rings. The molecule has 0 spiro atoms. The van der Waals surface area contributed by atoms with Crippen LogP contribution < -0.4 is 10.2 Å². The summed E-state index contributed by atoms with van der Waals surface area (Å²) in [6.45, 7) is 4.11. The van der Waals surface area contributed by atoms with Crippen molar-refractivity contribution in [3.05, 3.63) is 47.8 Å². The molecule has 2 aromatic rings. The average Bonchev–Trinajstić information content (AvgIpc) is 3.19. The zero-order chi connectivity index (χ0) is 20.2. The number of rotatable bonds is 4. The predicted molar refractivity (Wildman–Crippen MR) is 108 cm³/mol. The predicted octanol–water partition coefficient (Wildman–Crippen LogP) is 2.52. The van der Waals surface area contributed by atoms with Crippen LogP contribution in [0.1, 0.15) is 35.8 Å². The summed E-state index contributed by atoms with van der Waals surface area (Å²) in [5.74, 6) is 0.329. The zero-order valence-electron chi connectivity index (χ0n) is 16.5. The van der Waals surface area contributed by atoms with Crippen molar-refractivity contribution in [3.63, 3.8) is 0 Å². The highest BCUT2D eigenvalue weighted by atomic mass is 16.6. The van der Waals surface area contributed by atoms with E-state index >= 15 is 0 Å². The standard InChI is InChI=1S/C21H25N5O3/c1-2-29-21(28)25-12-9-16(10-13-25)23-19(27)17-7-11-22-20(24-17)26-14-8-15-5-3-4-6-18(15)26/h3-7,11,16H,2,8-10,12-14H2,1H3,(H,23,27). The molecular weight excluding hydrogens is 370 g/mol. The van der Waals surface area contributed by atoms with Crippen LogP contribution in [0.5, 0.6) is 0 Å². The van der Waals surface area contributed by atoms with E-state index in [1.54, 1.807) is 24.1 Å². The van der Waals surface area contributed by atoms with Gasteiger partial charge in [-0.05, 0) is 43.9 Å². The number of hydrogen-bond donors (Lipinski definition) is 1. The van der Waals surface area contributed by atoms with E-state index in [9.17, 15) is 9.59 Å². The Morgan fingerprint density at radius 1 is 1.17 bits per heavy atom. The van der Waals surface area contributed by atoms with Crippen LogP contribution in [0, 0.1) is 0 Å². The molecule has 8 heteroatoms. The Morgan fingerprint density at radius 2 is 1.97 bits per heavy atom. The van der Waals surface area contributed by atoms with Crippen LogP contribution in [-0.2, 0) is 11.2 Å². The number of ether oxygens (including phenoxy) is 1. The first-order chi connectivity index (χ1) is 14.2. The van der Waals surface area contributed by atoms with Crippen molar-refractivity contribution in [2.45, 2.75) is 32.2 Å². The smallest absolute Gasteiger partial charge is 0.409 e. The van der Waals surface area contributed by atoms with Gasteiger partial charge in [-0.2, -0.15) is 0 Å². The number of nitrogens with zero attached hydrogens (tertiary/aromatic N) is 4. The summed E-state index contributed by atoms with van der Waals surface area (Å²) in [5, 5.41) is 3.04. The fourth-order valence-corrected chi connectivity index (χ4v) is 3.83.